The normalized spacial score (nSPS) is 16.1. The van der Waals surface area contributed by atoms with E-state index < -0.39 is 6.03 Å². The standard InChI is InChI=1S/C23H24N4O4S/c28-20(26-9-11-32-12-10-26)13-16-5-7-18(8-6-16)25-22(30)19-4-2-1-3-17(19)15-27-21(29)14-24-23(27)31/h1-8H,9-15H2,(H,24,31)(H,25,30). The highest BCUT2D eigenvalue weighted by Crippen LogP contribution is 2.18. The van der Waals surface area contributed by atoms with Gasteiger partial charge in [0.2, 0.25) is 11.8 Å². The molecule has 166 valence electrons. The number of urea groups is 1. The van der Waals surface area contributed by atoms with Crippen LogP contribution < -0.4 is 10.6 Å². The molecule has 2 aliphatic rings. The van der Waals surface area contributed by atoms with E-state index in [1.807, 2.05) is 28.8 Å². The number of rotatable bonds is 6. The van der Waals surface area contributed by atoms with Crippen LogP contribution in [0.4, 0.5) is 10.5 Å². The van der Waals surface area contributed by atoms with Gasteiger partial charge in [0.05, 0.1) is 19.5 Å². The molecule has 0 saturated carbocycles. The molecule has 8 nitrogen and oxygen atoms in total. The number of carbonyl (C=O) groups is 4. The average molecular weight is 453 g/mol. The number of amides is 5. The zero-order valence-electron chi connectivity index (χ0n) is 17.5. The van der Waals surface area contributed by atoms with Gasteiger partial charge < -0.3 is 15.5 Å². The third kappa shape index (κ3) is 5.11. The molecular formula is C23H24N4O4S. The van der Waals surface area contributed by atoms with Crippen LogP contribution in [0, 0.1) is 0 Å². The number of thioether (sulfide) groups is 1. The van der Waals surface area contributed by atoms with Gasteiger partial charge in [0.15, 0.2) is 0 Å². The minimum atomic E-state index is -0.460. The molecule has 2 N–H and O–H groups in total. The third-order valence-electron chi connectivity index (χ3n) is 5.46. The van der Waals surface area contributed by atoms with Crippen molar-refractivity contribution in [2.24, 2.45) is 0 Å². The first-order valence-corrected chi connectivity index (χ1v) is 11.6. The minimum Gasteiger partial charge on any atom is -0.341 e. The maximum absolute atomic E-state index is 12.9. The fourth-order valence-corrected chi connectivity index (χ4v) is 4.57. The predicted molar refractivity (Wildman–Crippen MR) is 122 cm³/mol. The summed E-state index contributed by atoms with van der Waals surface area (Å²) in [6.07, 6.45) is 0.341. The first kappa shape index (κ1) is 21.9. The second kappa shape index (κ2) is 9.86. The Labute approximate surface area is 190 Å². The second-order valence-electron chi connectivity index (χ2n) is 7.62. The van der Waals surface area contributed by atoms with E-state index in [4.69, 9.17) is 0 Å². The van der Waals surface area contributed by atoms with Crippen LogP contribution in [-0.2, 0) is 22.6 Å². The molecule has 0 atom stereocenters. The van der Waals surface area contributed by atoms with E-state index in [-0.39, 0.29) is 30.8 Å². The first-order valence-electron chi connectivity index (χ1n) is 10.4. The van der Waals surface area contributed by atoms with E-state index in [2.05, 4.69) is 10.6 Å². The summed E-state index contributed by atoms with van der Waals surface area (Å²) in [7, 11) is 0. The van der Waals surface area contributed by atoms with E-state index >= 15 is 0 Å². The van der Waals surface area contributed by atoms with E-state index in [1.165, 1.54) is 0 Å². The van der Waals surface area contributed by atoms with Crippen molar-refractivity contribution in [2.75, 3.05) is 36.5 Å². The van der Waals surface area contributed by atoms with Gasteiger partial charge in [0.25, 0.3) is 5.91 Å². The lowest BCUT2D eigenvalue weighted by Gasteiger charge is -2.26. The topological polar surface area (TPSA) is 98.8 Å². The smallest absolute Gasteiger partial charge is 0.324 e. The van der Waals surface area contributed by atoms with Gasteiger partial charge in [-0.3, -0.25) is 19.3 Å². The summed E-state index contributed by atoms with van der Waals surface area (Å²) < 4.78 is 0. The molecule has 0 aromatic heterocycles. The zero-order chi connectivity index (χ0) is 22.5. The fourth-order valence-electron chi connectivity index (χ4n) is 3.67. The molecule has 0 radical (unpaired) electrons. The highest BCUT2D eigenvalue weighted by molar-refractivity contribution is 7.99. The molecule has 2 heterocycles. The van der Waals surface area contributed by atoms with Crippen molar-refractivity contribution in [2.45, 2.75) is 13.0 Å². The van der Waals surface area contributed by atoms with Gasteiger partial charge in [-0.1, -0.05) is 30.3 Å². The van der Waals surface area contributed by atoms with E-state index in [1.54, 1.807) is 36.4 Å². The lowest BCUT2D eigenvalue weighted by atomic mass is 10.1. The second-order valence-corrected chi connectivity index (χ2v) is 8.84. The summed E-state index contributed by atoms with van der Waals surface area (Å²) in [6.45, 7) is 1.59. The minimum absolute atomic E-state index is 0.0290. The molecule has 9 heteroatoms. The maximum atomic E-state index is 12.9. The van der Waals surface area contributed by atoms with E-state index in [9.17, 15) is 19.2 Å². The number of carbonyl (C=O) groups excluding carboxylic acids is 4. The van der Waals surface area contributed by atoms with Crippen molar-refractivity contribution < 1.29 is 19.2 Å². The van der Waals surface area contributed by atoms with Gasteiger partial charge in [-0.2, -0.15) is 11.8 Å². The van der Waals surface area contributed by atoms with Crippen LogP contribution in [0.5, 0.6) is 0 Å². The third-order valence-corrected chi connectivity index (χ3v) is 6.40. The van der Waals surface area contributed by atoms with Gasteiger partial charge >= 0.3 is 6.03 Å². The van der Waals surface area contributed by atoms with Crippen molar-refractivity contribution in [1.82, 2.24) is 15.1 Å². The monoisotopic (exact) mass is 452 g/mol. The Kier molecular flexibility index (Phi) is 6.75. The lowest BCUT2D eigenvalue weighted by molar-refractivity contribution is -0.130. The van der Waals surface area contributed by atoms with Crippen molar-refractivity contribution in [3.8, 4) is 0 Å². The fraction of sp³-hybridized carbons (Fsp3) is 0.304. The van der Waals surface area contributed by atoms with Crippen molar-refractivity contribution in [3.63, 3.8) is 0 Å². The number of hydrogen-bond donors (Lipinski definition) is 2. The van der Waals surface area contributed by atoms with Crippen LogP contribution in [-0.4, -0.2) is 64.7 Å². The molecule has 2 saturated heterocycles. The molecule has 0 bridgehead atoms. The van der Waals surface area contributed by atoms with Crippen molar-refractivity contribution in [3.05, 3.63) is 65.2 Å². The average Bonchev–Trinajstić information content (AvgIpc) is 3.13. The number of imide groups is 1. The SMILES string of the molecule is O=C(Nc1ccc(CC(=O)N2CCSCC2)cc1)c1ccccc1CN1C(=O)CNC1=O. The molecule has 32 heavy (non-hydrogen) atoms. The van der Waals surface area contributed by atoms with Crippen LogP contribution in [0.15, 0.2) is 48.5 Å². The Morgan fingerprint density at radius 1 is 1.00 bits per heavy atom. The molecule has 2 aromatic carbocycles. The Hall–Kier alpha value is -3.33. The maximum Gasteiger partial charge on any atom is 0.324 e. The number of nitrogens with zero attached hydrogens (tertiary/aromatic N) is 2. The summed E-state index contributed by atoms with van der Waals surface area (Å²) in [5.74, 6) is 1.43. The molecule has 5 amide bonds. The summed E-state index contributed by atoms with van der Waals surface area (Å²) in [4.78, 5) is 52.0. The van der Waals surface area contributed by atoms with Crippen LogP contribution >= 0.6 is 11.8 Å². The summed E-state index contributed by atoms with van der Waals surface area (Å²) in [5.41, 5.74) is 2.47. The number of anilines is 1. The van der Waals surface area contributed by atoms with Gasteiger partial charge in [-0.25, -0.2) is 4.79 Å². The summed E-state index contributed by atoms with van der Waals surface area (Å²) in [5, 5.41) is 5.33. The largest absolute Gasteiger partial charge is 0.341 e. The first-order chi connectivity index (χ1) is 15.5. The summed E-state index contributed by atoms with van der Waals surface area (Å²) in [6, 6.07) is 13.6. The number of hydrogen-bond acceptors (Lipinski definition) is 5. The van der Waals surface area contributed by atoms with Gasteiger partial charge in [0.1, 0.15) is 0 Å². The van der Waals surface area contributed by atoms with Gasteiger partial charge in [-0.15, -0.1) is 0 Å². The van der Waals surface area contributed by atoms with Gasteiger partial charge in [0, 0.05) is 35.8 Å². The quantitative estimate of drug-likeness (QED) is 0.654. The van der Waals surface area contributed by atoms with E-state index in [0.29, 0.717) is 23.2 Å². The molecule has 2 aromatic rings. The van der Waals surface area contributed by atoms with Crippen LogP contribution in [0.3, 0.4) is 0 Å². The Morgan fingerprint density at radius 3 is 2.41 bits per heavy atom. The molecule has 4 rings (SSSR count). The molecule has 2 aliphatic heterocycles. The number of benzene rings is 2. The molecule has 2 fully saturated rings. The van der Waals surface area contributed by atoms with E-state index in [0.717, 1.165) is 35.1 Å². The molecule has 0 spiro atoms. The zero-order valence-corrected chi connectivity index (χ0v) is 18.3. The highest BCUT2D eigenvalue weighted by Gasteiger charge is 2.29. The summed E-state index contributed by atoms with van der Waals surface area (Å²) >= 11 is 1.86. The van der Waals surface area contributed by atoms with Crippen LogP contribution in [0.1, 0.15) is 21.5 Å². The Morgan fingerprint density at radius 2 is 1.72 bits per heavy atom. The van der Waals surface area contributed by atoms with Crippen LogP contribution in [0.25, 0.3) is 0 Å². The van der Waals surface area contributed by atoms with Crippen molar-refractivity contribution >= 4 is 41.2 Å². The predicted octanol–water partition coefficient (Wildman–Crippen LogP) is 2.11. The van der Waals surface area contributed by atoms with Gasteiger partial charge in [-0.05, 0) is 29.3 Å². The Bertz CT molecular complexity index is 1020. The Balaban J connectivity index is 1.39. The lowest BCUT2D eigenvalue weighted by Crippen LogP contribution is -2.38. The molecular weight excluding hydrogens is 428 g/mol. The van der Waals surface area contributed by atoms with Crippen molar-refractivity contribution in [1.29, 1.82) is 0 Å². The number of nitrogens with one attached hydrogen (secondary N) is 2. The molecule has 0 unspecified atom stereocenters. The highest BCUT2D eigenvalue weighted by atomic mass is 32.2. The molecule has 0 aliphatic carbocycles. The van der Waals surface area contributed by atoms with Crippen LogP contribution in [0.2, 0.25) is 0 Å².